The van der Waals surface area contributed by atoms with Crippen LogP contribution in [0.3, 0.4) is 0 Å². The number of fused-ring (bicyclic) bond motifs is 1. The van der Waals surface area contributed by atoms with Gasteiger partial charge in [-0.05, 0) is 25.1 Å². The van der Waals surface area contributed by atoms with E-state index < -0.39 is 29.8 Å². The molecule has 0 radical (unpaired) electrons. The van der Waals surface area contributed by atoms with Gasteiger partial charge in [-0.25, -0.2) is 19.4 Å². The van der Waals surface area contributed by atoms with Crippen LogP contribution in [0.4, 0.5) is 18.9 Å². The normalized spacial score (nSPS) is 25.1. The molecule has 1 amide bonds. The lowest BCUT2D eigenvalue weighted by atomic mass is 9.79. The Bertz CT molecular complexity index is 1020. The van der Waals surface area contributed by atoms with E-state index in [0.29, 0.717) is 16.6 Å². The molecule has 4 rings (SSSR count). The second kappa shape index (κ2) is 8.35. The monoisotopic (exact) mass is 453 g/mol. The fourth-order valence-corrected chi connectivity index (χ4v) is 4.84. The molecule has 0 bridgehead atoms. The molecule has 1 saturated heterocycles. The van der Waals surface area contributed by atoms with E-state index in [1.807, 2.05) is 6.92 Å². The number of amidine groups is 1. The van der Waals surface area contributed by atoms with Crippen LogP contribution in [0, 0.1) is 11.7 Å². The van der Waals surface area contributed by atoms with E-state index >= 15 is 0 Å². The first-order valence-corrected chi connectivity index (χ1v) is 10.2. The lowest BCUT2D eigenvalue weighted by Gasteiger charge is -2.35. The summed E-state index contributed by atoms with van der Waals surface area (Å²) in [5.74, 6) is -1.01. The number of rotatable bonds is 5. The topological polar surface area (TPSA) is 112 Å². The molecular formula is C19H18F3N5O3S. The number of nitrogens with one attached hydrogen (secondary N) is 1. The molecule has 0 saturated carbocycles. The van der Waals surface area contributed by atoms with E-state index in [4.69, 9.17) is 10.5 Å². The predicted molar refractivity (Wildman–Crippen MR) is 108 cm³/mol. The van der Waals surface area contributed by atoms with Gasteiger partial charge in [0, 0.05) is 22.9 Å². The van der Waals surface area contributed by atoms with E-state index in [1.54, 1.807) is 0 Å². The average molecular weight is 453 g/mol. The van der Waals surface area contributed by atoms with Crippen LogP contribution in [-0.4, -0.2) is 46.1 Å². The third-order valence-electron chi connectivity index (χ3n) is 5.23. The van der Waals surface area contributed by atoms with Crippen molar-refractivity contribution in [2.24, 2.45) is 16.6 Å². The van der Waals surface area contributed by atoms with Gasteiger partial charge in [-0.1, -0.05) is 11.8 Å². The number of carbonyl (C=O) groups excluding carboxylic acids is 1. The second-order valence-electron chi connectivity index (χ2n) is 7.08. The van der Waals surface area contributed by atoms with Crippen molar-refractivity contribution in [3.63, 3.8) is 0 Å². The molecular weight excluding hydrogens is 435 g/mol. The molecule has 8 nitrogen and oxygen atoms in total. The van der Waals surface area contributed by atoms with Gasteiger partial charge in [0.2, 0.25) is 5.88 Å². The van der Waals surface area contributed by atoms with Crippen LogP contribution in [0.15, 0.2) is 35.6 Å². The SMILES string of the molecule is C[C@H]1OC[C@]2(c3cc(NC(=O)c4cnc(OC(F)F)cn4)ccc3F)N=C(N)SCC12. The fraction of sp³-hybridized carbons (Fsp3) is 0.368. The van der Waals surface area contributed by atoms with Gasteiger partial charge < -0.3 is 20.5 Å². The molecule has 2 aromatic rings. The van der Waals surface area contributed by atoms with Crippen LogP contribution in [0.2, 0.25) is 0 Å². The molecule has 3 atom stereocenters. The average Bonchev–Trinajstić information content (AvgIpc) is 3.06. The Hall–Kier alpha value is -2.86. The number of alkyl halides is 2. The summed E-state index contributed by atoms with van der Waals surface area (Å²) in [4.78, 5) is 24.4. The van der Waals surface area contributed by atoms with Gasteiger partial charge >= 0.3 is 6.61 Å². The van der Waals surface area contributed by atoms with Crippen molar-refractivity contribution in [3.05, 3.63) is 47.7 Å². The van der Waals surface area contributed by atoms with Gasteiger partial charge in [0.05, 0.1) is 25.1 Å². The number of benzene rings is 1. The summed E-state index contributed by atoms with van der Waals surface area (Å²) in [5, 5.41) is 2.95. The van der Waals surface area contributed by atoms with Crippen LogP contribution < -0.4 is 15.8 Å². The molecule has 0 spiro atoms. The maximum atomic E-state index is 14.9. The summed E-state index contributed by atoms with van der Waals surface area (Å²) in [6.45, 7) is -0.967. The molecule has 1 aromatic carbocycles. The van der Waals surface area contributed by atoms with E-state index in [-0.39, 0.29) is 29.9 Å². The Kier molecular flexibility index (Phi) is 5.75. The van der Waals surface area contributed by atoms with Crippen molar-refractivity contribution in [2.45, 2.75) is 25.2 Å². The highest BCUT2D eigenvalue weighted by atomic mass is 32.2. The van der Waals surface area contributed by atoms with Gasteiger partial charge in [0.1, 0.15) is 17.1 Å². The molecule has 31 heavy (non-hydrogen) atoms. The number of hydrogen-bond acceptors (Lipinski definition) is 8. The Morgan fingerprint density at radius 3 is 2.90 bits per heavy atom. The first-order chi connectivity index (χ1) is 14.8. The molecule has 3 heterocycles. The molecule has 1 aromatic heterocycles. The van der Waals surface area contributed by atoms with Crippen molar-refractivity contribution in [1.29, 1.82) is 0 Å². The first kappa shape index (κ1) is 21.4. The van der Waals surface area contributed by atoms with Crippen molar-refractivity contribution in [2.75, 3.05) is 17.7 Å². The summed E-state index contributed by atoms with van der Waals surface area (Å²) in [5.41, 5.74) is 5.41. The summed E-state index contributed by atoms with van der Waals surface area (Å²) in [7, 11) is 0. The minimum absolute atomic E-state index is 0.0847. The molecule has 1 unspecified atom stereocenters. The van der Waals surface area contributed by atoms with Crippen molar-refractivity contribution in [3.8, 4) is 5.88 Å². The number of nitrogens with zero attached hydrogens (tertiary/aromatic N) is 3. The van der Waals surface area contributed by atoms with E-state index in [2.05, 4.69) is 25.0 Å². The Morgan fingerprint density at radius 2 is 2.19 bits per heavy atom. The number of anilines is 1. The van der Waals surface area contributed by atoms with Crippen LogP contribution in [0.5, 0.6) is 5.88 Å². The van der Waals surface area contributed by atoms with Crippen molar-refractivity contribution >= 4 is 28.5 Å². The fourth-order valence-electron chi connectivity index (χ4n) is 3.72. The molecule has 1 fully saturated rings. The minimum Gasteiger partial charge on any atom is -0.415 e. The lowest BCUT2D eigenvalue weighted by molar-refractivity contribution is -0.0531. The summed E-state index contributed by atoms with van der Waals surface area (Å²) in [6.07, 6.45) is 1.78. The molecule has 12 heteroatoms. The zero-order valence-electron chi connectivity index (χ0n) is 16.2. The van der Waals surface area contributed by atoms with Gasteiger partial charge in [0.15, 0.2) is 5.17 Å². The number of thioether (sulfide) groups is 1. The molecule has 2 aliphatic heterocycles. The standard InChI is InChI=1S/C19H18F3N5O3S/c1-9-12-7-31-18(23)27-19(12,8-29-9)11-4-10(2-3-13(11)20)26-16(28)14-5-25-15(6-24-14)30-17(21)22/h2-6,9,12,17H,7-8H2,1H3,(H2,23,27)(H,26,28)/t9-,12?,19-/m1/s1. The maximum Gasteiger partial charge on any atom is 0.388 e. The number of hydrogen-bond donors (Lipinski definition) is 2. The smallest absolute Gasteiger partial charge is 0.388 e. The number of amides is 1. The Balaban J connectivity index is 1.60. The third-order valence-corrected chi connectivity index (χ3v) is 6.14. The summed E-state index contributed by atoms with van der Waals surface area (Å²) in [6, 6.07) is 4.13. The number of carbonyl (C=O) groups is 1. The molecule has 3 N–H and O–H groups in total. The Labute approximate surface area is 179 Å². The highest BCUT2D eigenvalue weighted by Gasteiger charge is 2.52. The highest BCUT2D eigenvalue weighted by molar-refractivity contribution is 8.13. The lowest BCUT2D eigenvalue weighted by Crippen LogP contribution is -2.41. The molecule has 2 aliphatic rings. The largest absolute Gasteiger partial charge is 0.415 e. The molecule has 164 valence electrons. The second-order valence-corrected chi connectivity index (χ2v) is 8.12. The third kappa shape index (κ3) is 4.17. The van der Waals surface area contributed by atoms with Crippen LogP contribution in [0.1, 0.15) is 23.0 Å². The van der Waals surface area contributed by atoms with E-state index in [9.17, 15) is 18.0 Å². The van der Waals surface area contributed by atoms with Crippen molar-refractivity contribution in [1.82, 2.24) is 9.97 Å². The maximum absolute atomic E-state index is 14.9. The zero-order valence-corrected chi connectivity index (χ0v) is 17.0. The van der Waals surface area contributed by atoms with E-state index in [1.165, 1.54) is 30.0 Å². The van der Waals surface area contributed by atoms with Crippen LogP contribution in [0.25, 0.3) is 0 Å². The molecule has 0 aliphatic carbocycles. The number of ether oxygens (including phenoxy) is 2. The number of aromatic nitrogens is 2. The van der Waals surface area contributed by atoms with Gasteiger partial charge in [-0.2, -0.15) is 8.78 Å². The number of nitrogens with two attached hydrogens (primary N) is 1. The minimum atomic E-state index is -3.05. The van der Waals surface area contributed by atoms with Crippen molar-refractivity contribution < 1.29 is 27.4 Å². The van der Waals surface area contributed by atoms with E-state index in [0.717, 1.165) is 12.4 Å². The van der Waals surface area contributed by atoms with Gasteiger partial charge in [-0.3, -0.25) is 4.79 Å². The first-order valence-electron chi connectivity index (χ1n) is 9.26. The van der Waals surface area contributed by atoms with Gasteiger partial charge in [0.25, 0.3) is 5.91 Å². The Morgan fingerprint density at radius 1 is 1.39 bits per heavy atom. The predicted octanol–water partition coefficient (Wildman–Crippen LogP) is 2.76. The summed E-state index contributed by atoms with van der Waals surface area (Å²) < 4.78 is 49.2. The number of aliphatic imine (C=N–C) groups is 1. The van der Waals surface area contributed by atoms with Gasteiger partial charge in [-0.15, -0.1) is 0 Å². The quantitative estimate of drug-likeness (QED) is 0.716. The van der Waals surface area contributed by atoms with Crippen LogP contribution in [-0.2, 0) is 10.3 Å². The number of halogens is 3. The zero-order chi connectivity index (χ0) is 22.2. The summed E-state index contributed by atoms with van der Waals surface area (Å²) >= 11 is 1.40. The highest BCUT2D eigenvalue weighted by Crippen LogP contribution is 2.48. The van der Waals surface area contributed by atoms with Crippen LogP contribution >= 0.6 is 11.8 Å².